The van der Waals surface area contributed by atoms with Gasteiger partial charge < -0.3 is 74.7 Å². The predicted molar refractivity (Wildman–Crippen MR) is 200 cm³/mol. The van der Waals surface area contributed by atoms with Crippen LogP contribution in [-0.2, 0) is 23.7 Å². The number of hydrogen-bond acceptors (Lipinski definition) is 15. The molecular formula is C42H70O15. The van der Waals surface area contributed by atoms with E-state index in [4.69, 9.17) is 23.7 Å². The van der Waals surface area contributed by atoms with Crippen molar-refractivity contribution < 1.29 is 74.7 Å². The van der Waals surface area contributed by atoms with E-state index in [0.717, 1.165) is 38.5 Å². The molecule has 22 atom stereocenters. The van der Waals surface area contributed by atoms with Crippen molar-refractivity contribution in [1.29, 1.82) is 0 Å². The smallest absolute Gasteiger partial charge is 0.187 e. The third kappa shape index (κ3) is 5.99. The first kappa shape index (κ1) is 43.1. The summed E-state index contributed by atoms with van der Waals surface area (Å²) < 4.78 is 31.0. The molecule has 0 radical (unpaired) electrons. The summed E-state index contributed by atoms with van der Waals surface area (Å²) in [5.41, 5.74) is -2.88. The minimum atomic E-state index is -1.78. The van der Waals surface area contributed by atoms with Crippen LogP contribution in [0.1, 0.15) is 106 Å². The van der Waals surface area contributed by atoms with E-state index in [9.17, 15) is 51.1 Å². The van der Waals surface area contributed by atoms with E-state index in [1.165, 1.54) is 0 Å². The fraction of sp³-hybridized carbons (Fsp3) is 1.00. The van der Waals surface area contributed by atoms with E-state index >= 15 is 0 Å². The van der Waals surface area contributed by atoms with E-state index in [2.05, 4.69) is 34.6 Å². The maximum Gasteiger partial charge on any atom is 0.187 e. The molecule has 8 fully saturated rings. The van der Waals surface area contributed by atoms with Gasteiger partial charge in [0.25, 0.3) is 0 Å². The zero-order valence-electron chi connectivity index (χ0n) is 34.6. The first-order valence-corrected chi connectivity index (χ1v) is 21.5. The maximum absolute atomic E-state index is 12.4. The molecule has 10 N–H and O–H groups in total. The van der Waals surface area contributed by atoms with E-state index in [0.29, 0.717) is 19.3 Å². The Hall–Kier alpha value is -0.600. The Morgan fingerprint density at radius 2 is 1.28 bits per heavy atom. The molecule has 3 saturated heterocycles. The molecule has 15 heteroatoms. The van der Waals surface area contributed by atoms with Gasteiger partial charge in [-0.05, 0) is 117 Å². The Balaban J connectivity index is 1.04. The second-order valence-corrected chi connectivity index (χ2v) is 21.5. The molecule has 328 valence electrons. The molecule has 0 bridgehead atoms. The number of aliphatic hydroxyl groups excluding tert-OH is 9. The van der Waals surface area contributed by atoms with Gasteiger partial charge >= 0.3 is 0 Å². The van der Waals surface area contributed by atoms with Crippen molar-refractivity contribution in [3.63, 3.8) is 0 Å². The van der Waals surface area contributed by atoms with Crippen LogP contribution in [0.3, 0.4) is 0 Å². The van der Waals surface area contributed by atoms with Gasteiger partial charge in [-0.2, -0.15) is 0 Å². The molecule has 5 saturated carbocycles. The van der Waals surface area contributed by atoms with Crippen LogP contribution in [0.15, 0.2) is 0 Å². The highest BCUT2D eigenvalue weighted by Gasteiger charge is 2.85. The largest absolute Gasteiger partial charge is 0.394 e. The Morgan fingerprint density at radius 3 is 1.89 bits per heavy atom. The van der Waals surface area contributed by atoms with Gasteiger partial charge in [-0.1, -0.05) is 27.7 Å². The summed E-state index contributed by atoms with van der Waals surface area (Å²) in [6.07, 6.45) is -10.6. The number of aliphatic hydroxyl groups is 10. The van der Waals surface area contributed by atoms with Crippen LogP contribution in [-0.4, -0.2) is 161 Å². The molecule has 8 rings (SSSR count). The Bertz CT molecular complexity index is 1510. The van der Waals surface area contributed by atoms with Gasteiger partial charge in [0.2, 0.25) is 0 Å². The number of rotatable bonds is 8. The lowest BCUT2D eigenvalue weighted by Gasteiger charge is -2.65. The number of fused-ring (bicyclic) bond motifs is 2. The SMILES string of the molecule is CC(C)(O)[C@H]1CC[C@@](C)([C@H]2[C@@H](O)C[C@@]3(C)[C@@H]4C[C@H](O)[C@H]5C(C)(C)[C@@H](O[C@@H]6O[C@H](CO)[C@@H](O)[C@H](O)[C@H]6O[C@@H]6O[C@H](CO)[C@@H](O)[C@H](O)[C@H]6O)CC[C@@]56C[C@@]46CC[C@]23C)O1. The first-order chi connectivity index (χ1) is 26.5. The minimum absolute atomic E-state index is 0.0204. The maximum atomic E-state index is 12.4. The summed E-state index contributed by atoms with van der Waals surface area (Å²) >= 11 is 0. The average molecular weight is 815 g/mol. The molecule has 8 aliphatic rings. The lowest BCUT2D eigenvalue weighted by atomic mass is 9.41. The van der Waals surface area contributed by atoms with Gasteiger partial charge in [0.1, 0.15) is 48.8 Å². The number of ether oxygens (including phenoxy) is 5. The molecule has 3 heterocycles. The van der Waals surface area contributed by atoms with Gasteiger partial charge in [-0.25, -0.2) is 0 Å². The zero-order valence-corrected chi connectivity index (χ0v) is 34.6. The Labute approximate surface area is 335 Å². The fourth-order valence-electron chi connectivity index (χ4n) is 15.2. The third-order valence-corrected chi connectivity index (χ3v) is 18.0. The second kappa shape index (κ2) is 14.0. The molecule has 0 aromatic carbocycles. The summed E-state index contributed by atoms with van der Waals surface area (Å²) in [5, 5.41) is 109. The summed E-state index contributed by atoms with van der Waals surface area (Å²) in [7, 11) is 0. The van der Waals surface area contributed by atoms with Crippen LogP contribution >= 0.6 is 0 Å². The molecule has 3 aliphatic heterocycles. The van der Waals surface area contributed by atoms with Gasteiger partial charge in [-0.3, -0.25) is 0 Å². The van der Waals surface area contributed by atoms with E-state index < -0.39 is 110 Å². The van der Waals surface area contributed by atoms with Crippen molar-refractivity contribution in [2.45, 2.75) is 203 Å². The monoisotopic (exact) mass is 814 g/mol. The third-order valence-electron chi connectivity index (χ3n) is 18.0. The lowest BCUT2D eigenvalue weighted by Crippen LogP contribution is -2.66. The quantitative estimate of drug-likeness (QED) is 0.146. The fourth-order valence-corrected chi connectivity index (χ4v) is 15.2. The highest BCUT2D eigenvalue weighted by Crippen LogP contribution is 2.89. The molecule has 2 spiro atoms. The van der Waals surface area contributed by atoms with E-state index in [-0.39, 0.29) is 45.5 Å². The molecule has 57 heavy (non-hydrogen) atoms. The zero-order chi connectivity index (χ0) is 41.6. The Morgan fingerprint density at radius 1 is 0.649 bits per heavy atom. The van der Waals surface area contributed by atoms with E-state index in [1.807, 2.05) is 0 Å². The van der Waals surface area contributed by atoms with Gasteiger partial charge in [0.15, 0.2) is 12.6 Å². The summed E-state index contributed by atoms with van der Waals surface area (Å²) in [4.78, 5) is 0. The lowest BCUT2D eigenvalue weighted by molar-refractivity contribution is -0.378. The van der Waals surface area contributed by atoms with Gasteiger partial charge in [0, 0.05) is 5.92 Å². The standard InChI is InChI=1S/C42H70O15/c1-36(2)24(55-35-31(29(50)27(48)22(17-44)54-35)56-34-30(51)28(49)26(47)21(16-43)53-34)9-11-42-18-41(42)13-12-38(5)33(40(7)10-8-25(57-40)37(3,4)52)20(46)15-39(38,6)23(41)14-19(45)32(36)42/h19-35,43-52H,8-18H2,1-7H3/t19-,20-,21+,22+,23-,24-,25+,26+,27+,28-,29-,30+,31+,32-,33-,34-,35-,38+,39-,40-,41-,42+/m0/s1. The van der Waals surface area contributed by atoms with Crippen LogP contribution in [0.4, 0.5) is 0 Å². The summed E-state index contributed by atoms with van der Waals surface area (Å²) in [6, 6.07) is 0. The molecular weight excluding hydrogens is 744 g/mol. The van der Waals surface area contributed by atoms with Crippen LogP contribution in [0.25, 0.3) is 0 Å². The molecule has 15 nitrogen and oxygen atoms in total. The Kier molecular flexibility index (Phi) is 10.5. The highest BCUT2D eigenvalue weighted by atomic mass is 16.8. The van der Waals surface area contributed by atoms with Gasteiger partial charge in [-0.15, -0.1) is 0 Å². The van der Waals surface area contributed by atoms with E-state index in [1.54, 1.807) is 13.8 Å². The van der Waals surface area contributed by atoms with Crippen molar-refractivity contribution in [3.05, 3.63) is 0 Å². The highest BCUT2D eigenvalue weighted by molar-refractivity contribution is 5.33. The molecule has 0 aromatic heterocycles. The molecule has 0 unspecified atom stereocenters. The minimum Gasteiger partial charge on any atom is -0.394 e. The van der Waals surface area contributed by atoms with Crippen molar-refractivity contribution in [2.75, 3.05) is 13.2 Å². The summed E-state index contributed by atoms with van der Waals surface area (Å²) in [6.45, 7) is 13.2. The van der Waals surface area contributed by atoms with Crippen LogP contribution in [0, 0.1) is 44.8 Å². The van der Waals surface area contributed by atoms with Crippen molar-refractivity contribution in [2.24, 2.45) is 44.8 Å². The topological polar surface area (TPSA) is 248 Å². The van der Waals surface area contributed by atoms with Crippen molar-refractivity contribution in [1.82, 2.24) is 0 Å². The van der Waals surface area contributed by atoms with Gasteiger partial charge in [0.05, 0.1) is 48.8 Å². The summed E-state index contributed by atoms with van der Waals surface area (Å²) in [5.74, 6) is -0.0936. The van der Waals surface area contributed by atoms with Crippen LogP contribution < -0.4 is 0 Å². The van der Waals surface area contributed by atoms with Crippen molar-refractivity contribution in [3.8, 4) is 0 Å². The first-order valence-electron chi connectivity index (χ1n) is 21.5. The average Bonchev–Trinajstić information content (AvgIpc) is 3.49. The van der Waals surface area contributed by atoms with Crippen molar-refractivity contribution >= 4 is 0 Å². The number of hydrogen-bond donors (Lipinski definition) is 10. The normalized spacial score (nSPS) is 58.4. The molecule has 5 aliphatic carbocycles. The van der Waals surface area contributed by atoms with Crippen LogP contribution in [0.5, 0.6) is 0 Å². The molecule has 0 aromatic rings. The second-order valence-electron chi connectivity index (χ2n) is 21.5. The molecule has 0 amide bonds. The predicted octanol–water partition coefficient (Wildman–Crippen LogP) is 0.0850. The van der Waals surface area contributed by atoms with Crippen LogP contribution in [0.2, 0.25) is 0 Å².